The van der Waals surface area contributed by atoms with Crippen LogP contribution in [-0.2, 0) is 9.47 Å². The van der Waals surface area contributed by atoms with Gasteiger partial charge in [-0.2, -0.15) is 5.26 Å². The molecule has 2 unspecified atom stereocenters. The third-order valence-electron chi connectivity index (χ3n) is 3.40. The van der Waals surface area contributed by atoms with Crippen LogP contribution >= 0.6 is 0 Å². The van der Waals surface area contributed by atoms with E-state index in [1.807, 2.05) is 6.92 Å². The van der Waals surface area contributed by atoms with Crippen molar-refractivity contribution in [2.24, 2.45) is 5.92 Å². The van der Waals surface area contributed by atoms with Crippen molar-refractivity contribution < 1.29 is 9.47 Å². The van der Waals surface area contributed by atoms with Crippen LogP contribution in [0.3, 0.4) is 0 Å². The highest BCUT2D eigenvalue weighted by molar-refractivity contribution is 5.15. The number of ether oxygens (including phenoxy) is 2. The predicted octanol–water partition coefficient (Wildman–Crippen LogP) is 1.07. The van der Waals surface area contributed by atoms with Crippen LogP contribution in [0, 0.1) is 17.2 Å². The lowest BCUT2D eigenvalue weighted by Crippen LogP contribution is -2.50. The lowest BCUT2D eigenvalue weighted by Gasteiger charge is -2.28. The summed E-state index contributed by atoms with van der Waals surface area (Å²) in [5, 5.41) is 12.7. The molecule has 0 aromatic heterocycles. The highest BCUT2D eigenvalue weighted by Crippen LogP contribution is 2.39. The van der Waals surface area contributed by atoms with Gasteiger partial charge in [-0.05, 0) is 31.7 Å². The average molecular weight is 224 g/mol. The van der Waals surface area contributed by atoms with Gasteiger partial charge in [0, 0.05) is 6.61 Å². The van der Waals surface area contributed by atoms with Gasteiger partial charge in [0.1, 0.15) is 5.54 Å². The summed E-state index contributed by atoms with van der Waals surface area (Å²) in [5.74, 6) is 0.472. The van der Waals surface area contributed by atoms with Crippen molar-refractivity contribution in [3.8, 4) is 6.07 Å². The molecule has 1 heterocycles. The van der Waals surface area contributed by atoms with E-state index in [1.54, 1.807) is 0 Å². The molecule has 2 fully saturated rings. The second kappa shape index (κ2) is 5.13. The normalized spacial score (nSPS) is 28.6. The molecule has 2 aliphatic rings. The van der Waals surface area contributed by atoms with E-state index >= 15 is 0 Å². The molecule has 0 spiro atoms. The van der Waals surface area contributed by atoms with Crippen molar-refractivity contribution >= 4 is 0 Å². The molecule has 4 heteroatoms. The Labute approximate surface area is 96.9 Å². The second-order valence-corrected chi connectivity index (χ2v) is 4.68. The first-order chi connectivity index (χ1) is 7.80. The van der Waals surface area contributed by atoms with Gasteiger partial charge in [0.25, 0.3) is 0 Å². The summed E-state index contributed by atoms with van der Waals surface area (Å²) in [6.07, 6.45) is 3.43. The summed E-state index contributed by atoms with van der Waals surface area (Å²) in [6, 6.07) is 2.43. The number of hydrogen-bond donors (Lipinski definition) is 1. The van der Waals surface area contributed by atoms with Gasteiger partial charge < -0.3 is 9.47 Å². The van der Waals surface area contributed by atoms with Crippen LogP contribution in [0.25, 0.3) is 0 Å². The van der Waals surface area contributed by atoms with Gasteiger partial charge in [0.2, 0.25) is 0 Å². The van der Waals surface area contributed by atoms with E-state index in [4.69, 9.17) is 9.47 Å². The van der Waals surface area contributed by atoms with Gasteiger partial charge in [-0.15, -0.1) is 0 Å². The van der Waals surface area contributed by atoms with Crippen molar-refractivity contribution in [3.05, 3.63) is 0 Å². The van der Waals surface area contributed by atoms with Crippen molar-refractivity contribution in [3.63, 3.8) is 0 Å². The molecule has 1 aliphatic heterocycles. The molecule has 4 nitrogen and oxygen atoms in total. The summed E-state index contributed by atoms with van der Waals surface area (Å²) in [4.78, 5) is 0. The fourth-order valence-corrected chi connectivity index (χ4v) is 2.26. The van der Waals surface area contributed by atoms with E-state index in [-0.39, 0.29) is 6.10 Å². The van der Waals surface area contributed by atoms with E-state index in [2.05, 4.69) is 11.4 Å². The molecular weight excluding hydrogens is 204 g/mol. The maximum Gasteiger partial charge on any atom is 0.133 e. The molecule has 2 rings (SSSR count). The number of nitrogens with one attached hydrogen (secondary N) is 1. The molecule has 0 bridgehead atoms. The van der Waals surface area contributed by atoms with E-state index < -0.39 is 5.54 Å². The molecule has 1 aliphatic carbocycles. The van der Waals surface area contributed by atoms with Gasteiger partial charge in [-0.1, -0.05) is 6.92 Å². The summed E-state index contributed by atoms with van der Waals surface area (Å²) >= 11 is 0. The Hall–Kier alpha value is -0.630. The highest BCUT2D eigenvalue weighted by atomic mass is 16.5. The lowest BCUT2D eigenvalue weighted by atomic mass is 9.96. The molecule has 2 atom stereocenters. The fourth-order valence-electron chi connectivity index (χ4n) is 2.26. The Kier molecular flexibility index (Phi) is 3.80. The maximum absolute atomic E-state index is 9.37. The van der Waals surface area contributed by atoms with Crippen molar-refractivity contribution in [1.82, 2.24) is 5.32 Å². The smallest absolute Gasteiger partial charge is 0.133 e. The van der Waals surface area contributed by atoms with Crippen LogP contribution < -0.4 is 5.32 Å². The Morgan fingerprint density at radius 3 is 2.81 bits per heavy atom. The summed E-state index contributed by atoms with van der Waals surface area (Å²) in [5.41, 5.74) is -0.461. The summed E-state index contributed by atoms with van der Waals surface area (Å²) < 4.78 is 11.1. The molecule has 1 saturated heterocycles. The van der Waals surface area contributed by atoms with Gasteiger partial charge in [-0.25, -0.2) is 0 Å². The molecule has 90 valence electrons. The number of hydrogen-bond acceptors (Lipinski definition) is 4. The van der Waals surface area contributed by atoms with Gasteiger partial charge >= 0.3 is 0 Å². The number of likely N-dealkylation sites (N-methyl/N-ethyl adjacent to an activating group) is 1. The monoisotopic (exact) mass is 224 g/mol. The minimum Gasteiger partial charge on any atom is -0.379 e. The number of nitrogens with zero attached hydrogens (tertiary/aromatic N) is 1. The van der Waals surface area contributed by atoms with E-state index in [0.29, 0.717) is 19.1 Å². The quantitative estimate of drug-likeness (QED) is 0.733. The fraction of sp³-hybridized carbons (Fsp3) is 0.917. The topological polar surface area (TPSA) is 54.3 Å². The first-order valence-corrected chi connectivity index (χ1v) is 6.16. The molecule has 0 aromatic rings. The summed E-state index contributed by atoms with van der Waals surface area (Å²) in [6.45, 7) is 4.81. The first-order valence-electron chi connectivity index (χ1n) is 6.16. The van der Waals surface area contributed by atoms with E-state index in [1.165, 1.54) is 0 Å². The van der Waals surface area contributed by atoms with Crippen LogP contribution in [0.5, 0.6) is 0 Å². The molecule has 0 aromatic carbocycles. The third kappa shape index (κ3) is 2.54. The maximum atomic E-state index is 9.37. The van der Waals surface area contributed by atoms with Gasteiger partial charge in [0.15, 0.2) is 0 Å². The Morgan fingerprint density at radius 1 is 1.50 bits per heavy atom. The molecular formula is C12H20N2O2. The van der Waals surface area contributed by atoms with Crippen molar-refractivity contribution in [2.75, 3.05) is 26.4 Å². The lowest BCUT2D eigenvalue weighted by molar-refractivity contribution is 0.0124. The zero-order valence-corrected chi connectivity index (χ0v) is 9.87. The van der Waals surface area contributed by atoms with Crippen molar-refractivity contribution in [2.45, 2.75) is 37.8 Å². The molecule has 1 saturated carbocycles. The van der Waals surface area contributed by atoms with Crippen molar-refractivity contribution in [1.29, 1.82) is 5.26 Å². The highest BCUT2D eigenvalue weighted by Gasteiger charge is 2.46. The minimum absolute atomic E-state index is 0.185. The first kappa shape index (κ1) is 11.8. The van der Waals surface area contributed by atoms with Crippen LogP contribution in [-0.4, -0.2) is 38.0 Å². The van der Waals surface area contributed by atoms with E-state index in [9.17, 15) is 5.26 Å². The van der Waals surface area contributed by atoms with Crippen LogP contribution in [0.1, 0.15) is 26.2 Å². The standard InChI is InChI=1S/C12H20N2O2/c1-2-14-12(8-13,10-3-4-10)9-16-11-5-6-15-7-11/h10-11,14H,2-7,9H2,1H3. The van der Waals surface area contributed by atoms with E-state index in [0.717, 1.165) is 32.4 Å². The van der Waals surface area contributed by atoms with Crippen LogP contribution in [0.15, 0.2) is 0 Å². The second-order valence-electron chi connectivity index (χ2n) is 4.68. The minimum atomic E-state index is -0.461. The largest absolute Gasteiger partial charge is 0.379 e. The third-order valence-corrected chi connectivity index (χ3v) is 3.40. The predicted molar refractivity (Wildman–Crippen MR) is 59.9 cm³/mol. The molecule has 0 amide bonds. The molecule has 1 N–H and O–H groups in total. The summed E-state index contributed by atoms with van der Waals surface area (Å²) in [7, 11) is 0. The average Bonchev–Trinajstić information content (AvgIpc) is 3.03. The number of rotatable bonds is 6. The number of nitriles is 1. The van der Waals surface area contributed by atoms with Crippen LogP contribution in [0.2, 0.25) is 0 Å². The SMILES string of the molecule is CCNC(C#N)(COC1CCOC1)C1CC1. The molecule has 0 radical (unpaired) electrons. The Balaban J connectivity index is 1.88. The van der Waals surface area contributed by atoms with Crippen LogP contribution in [0.4, 0.5) is 0 Å². The zero-order valence-electron chi connectivity index (χ0n) is 9.87. The molecule has 16 heavy (non-hydrogen) atoms. The zero-order chi connectivity index (χ0) is 11.4. The van der Waals surface area contributed by atoms with Gasteiger partial charge in [0.05, 0.1) is 25.4 Å². The Morgan fingerprint density at radius 2 is 2.31 bits per heavy atom. The Bertz CT molecular complexity index is 267. The van der Waals surface area contributed by atoms with Gasteiger partial charge in [-0.3, -0.25) is 5.32 Å².